The second-order valence-electron chi connectivity index (χ2n) is 3.99. The molecule has 0 aliphatic carbocycles. The predicted molar refractivity (Wildman–Crippen MR) is 72.8 cm³/mol. The molecule has 20 heavy (non-hydrogen) atoms. The standard InChI is InChI=1S/C12H10ClF3N4/c13-7-2-1-6(12(14,15)16)5-9(7)19-10-4-3-8(17)11(18)20-10/h1-5H,17H2,(H3,18,19,20). The van der Waals surface area contributed by atoms with E-state index in [1.807, 2.05) is 0 Å². The molecule has 106 valence electrons. The zero-order chi connectivity index (χ0) is 14.9. The van der Waals surface area contributed by atoms with Crippen LogP contribution in [0.2, 0.25) is 5.02 Å². The Balaban J connectivity index is 2.35. The van der Waals surface area contributed by atoms with Crippen molar-refractivity contribution >= 4 is 34.6 Å². The number of nitrogens with zero attached hydrogens (tertiary/aromatic N) is 1. The van der Waals surface area contributed by atoms with Gasteiger partial charge in [-0.25, -0.2) is 4.98 Å². The molecule has 0 saturated heterocycles. The first-order chi connectivity index (χ1) is 9.27. The summed E-state index contributed by atoms with van der Waals surface area (Å²) in [5.74, 6) is 0.330. The molecule has 8 heteroatoms. The first-order valence-corrected chi connectivity index (χ1v) is 5.81. The van der Waals surface area contributed by atoms with E-state index in [1.165, 1.54) is 12.1 Å². The lowest BCUT2D eigenvalue weighted by Gasteiger charge is -2.12. The molecule has 0 atom stereocenters. The molecule has 0 aliphatic rings. The van der Waals surface area contributed by atoms with Gasteiger partial charge in [-0.3, -0.25) is 0 Å². The lowest BCUT2D eigenvalue weighted by molar-refractivity contribution is -0.137. The molecule has 2 aromatic rings. The minimum atomic E-state index is -4.45. The first kappa shape index (κ1) is 14.3. The van der Waals surface area contributed by atoms with Crippen molar-refractivity contribution < 1.29 is 13.2 Å². The van der Waals surface area contributed by atoms with E-state index in [0.717, 1.165) is 18.2 Å². The van der Waals surface area contributed by atoms with Crippen LogP contribution in [0, 0.1) is 0 Å². The van der Waals surface area contributed by atoms with Gasteiger partial charge in [-0.2, -0.15) is 13.2 Å². The minimum Gasteiger partial charge on any atom is -0.396 e. The predicted octanol–water partition coefficient (Wildman–Crippen LogP) is 3.66. The number of halogens is 4. The Labute approximate surface area is 117 Å². The molecule has 0 bridgehead atoms. The van der Waals surface area contributed by atoms with Crippen molar-refractivity contribution in [3.63, 3.8) is 0 Å². The molecule has 5 N–H and O–H groups in total. The molecular formula is C12H10ClF3N4. The van der Waals surface area contributed by atoms with E-state index in [1.54, 1.807) is 0 Å². The van der Waals surface area contributed by atoms with Gasteiger partial charge < -0.3 is 16.8 Å². The minimum absolute atomic E-state index is 0.0816. The van der Waals surface area contributed by atoms with Crippen LogP contribution >= 0.6 is 11.6 Å². The third-order valence-electron chi connectivity index (χ3n) is 2.51. The third kappa shape index (κ3) is 3.05. The summed E-state index contributed by atoms with van der Waals surface area (Å²) >= 11 is 5.85. The fraction of sp³-hybridized carbons (Fsp3) is 0.0833. The maximum Gasteiger partial charge on any atom is 0.416 e. The van der Waals surface area contributed by atoms with Gasteiger partial charge >= 0.3 is 6.18 Å². The summed E-state index contributed by atoms with van der Waals surface area (Å²) < 4.78 is 37.9. The topological polar surface area (TPSA) is 77.0 Å². The highest BCUT2D eigenvalue weighted by Gasteiger charge is 2.31. The summed E-state index contributed by atoms with van der Waals surface area (Å²) in [6, 6.07) is 5.94. The molecule has 1 heterocycles. The van der Waals surface area contributed by atoms with Gasteiger partial charge in [-0.1, -0.05) is 11.6 Å². The van der Waals surface area contributed by atoms with Crippen molar-refractivity contribution in [1.29, 1.82) is 0 Å². The van der Waals surface area contributed by atoms with Crippen molar-refractivity contribution in [2.45, 2.75) is 6.18 Å². The first-order valence-electron chi connectivity index (χ1n) is 5.43. The van der Waals surface area contributed by atoms with Crippen molar-refractivity contribution in [2.24, 2.45) is 0 Å². The molecule has 0 unspecified atom stereocenters. The van der Waals surface area contributed by atoms with Crippen LogP contribution < -0.4 is 16.8 Å². The highest BCUT2D eigenvalue weighted by molar-refractivity contribution is 6.33. The number of hydrogen-bond donors (Lipinski definition) is 3. The SMILES string of the molecule is Nc1ccc(Nc2cc(C(F)(F)F)ccc2Cl)nc1N. The van der Waals surface area contributed by atoms with Crippen LogP contribution in [0.4, 0.5) is 36.2 Å². The monoisotopic (exact) mass is 302 g/mol. The normalized spacial score (nSPS) is 11.4. The largest absolute Gasteiger partial charge is 0.416 e. The molecule has 0 radical (unpaired) electrons. The van der Waals surface area contributed by atoms with Gasteiger partial charge in [-0.15, -0.1) is 0 Å². The van der Waals surface area contributed by atoms with Gasteiger partial charge in [0.15, 0.2) is 0 Å². The molecule has 1 aromatic carbocycles. The molecule has 0 amide bonds. The fourth-order valence-electron chi connectivity index (χ4n) is 1.49. The highest BCUT2D eigenvalue weighted by atomic mass is 35.5. The summed E-state index contributed by atoms with van der Waals surface area (Å²) in [4.78, 5) is 3.90. The molecular weight excluding hydrogens is 293 g/mol. The van der Waals surface area contributed by atoms with Crippen LogP contribution in [0.25, 0.3) is 0 Å². The van der Waals surface area contributed by atoms with E-state index in [4.69, 9.17) is 23.1 Å². The van der Waals surface area contributed by atoms with Crippen LogP contribution in [0.1, 0.15) is 5.56 Å². The molecule has 0 saturated carbocycles. The maximum atomic E-state index is 12.6. The Kier molecular flexibility index (Phi) is 3.63. The molecule has 2 rings (SSSR count). The Morgan fingerprint density at radius 3 is 2.40 bits per heavy atom. The van der Waals surface area contributed by atoms with Gasteiger partial charge in [0, 0.05) is 0 Å². The number of hydrogen-bond acceptors (Lipinski definition) is 4. The number of nitrogens with two attached hydrogens (primary N) is 2. The van der Waals surface area contributed by atoms with Gasteiger partial charge in [0.05, 0.1) is 22.0 Å². The lowest BCUT2D eigenvalue weighted by atomic mass is 10.2. The van der Waals surface area contributed by atoms with Crippen molar-refractivity contribution in [3.8, 4) is 0 Å². The van der Waals surface area contributed by atoms with E-state index in [0.29, 0.717) is 0 Å². The molecule has 0 spiro atoms. The maximum absolute atomic E-state index is 12.6. The molecule has 0 fully saturated rings. The number of nitrogens with one attached hydrogen (secondary N) is 1. The van der Waals surface area contributed by atoms with Crippen LogP contribution in [0.5, 0.6) is 0 Å². The van der Waals surface area contributed by atoms with Gasteiger partial charge in [-0.05, 0) is 30.3 Å². The van der Waals surface area contributed by atoms with E-state index in [-0.39, 0.29) is 28.0 Å². The zero-order valence-electron chi connectivity index (χ0n) is 10.0. The summed E-state index contributed by atoms with van der Waals surface area (Å²) in [5, 5.41) is 2.81. The molecule has 4 nitrogen and oxygen atoms in total. The van der Waals surface area contributed by atoms with Crippen molar-refractivity contribution in [2.75, 3.05) is 16.8 Å². The number of rotatable bonds is 2. The number of benzene rings is 1. The van der Waals surface area contributed by atoms with Crippen molar-refractivity contribution in [3.05, 3.63) is 40.9 Å². The quantitative estimate of drug-likeness (QED) is 0.791. The Morgan fingerprint density at radius 2 is 1.80 bits per heavy atom. The number of aromatic nitrogens is 1. The van der Waals surface area contributed by atoms with Crippen LogP contribution in [0.3, 0.4) is 0 Å². The average Bonchev–Trinajstić information content (AvgIpc) is 2.35. The summed E-state index contributed by atoms with van der Waals surface area (Å²) in [7, 11) is 0. The second kappa shape index (κ2) is 5.09. The Hall–Kier alpha value is -2.15. The Bertz CT molecular complexity index is 643. The molecule has 1 aromatic heterocycles. The highest BCUT2D eigenvalue weighted by Crippen LogP contribution is 2.34. The number of alkyl halides is 3. The van der Waals surface area contributed by atoms with E-state index in [9.17, 15) is 13.2 Å². The second-order valence-corrected chi connectivity index (χ2v) is 4.40. The average molecular weight is 303 g/mol. The van der Waals surface area contributed by atoms with Crippen molar-refractivity contribution in [1.82, 2.24) is 4.98 Å². The number of pyridine rings is 1. The van der Waals surface area contributed by atoms with Crippen LogP contribution in [-0.4, -0.2) is 4.98 Å². The fourth-order valence-corrected chi connectivity index (χ4v) is 1.66. The van der Waals surface area contributed by atoms with Gasteiger partial charge in [0.1, 0.15) is 11.6 Å². The van der Waals surface area contributed by atoms with E-state index < -0.39 is 11.7 Å². The smallest absolute Gasteiger partial charge is 0.396 e. The lowest BCUT2D eigenvalue weighted by Crippen LogP contribution is -2.06. The number of anilines is 4. The Morgan fingerprint density at radius 1 is 1.10 bits per heavy atom. The van der Waals surface area contributed by atoms with Gasteiger partial charge in [0.2, 0.25) is 0 Å². The summed E-state index contributed by atoms with van der Waals surface area (Å²) in [6.45, 7) is 0. The van der Waals surface area contributed by atoms with Gasteiger partial charge in [0.25, 0.3) is 0 Å². The van der Waals surface area contributed by atoms with E-state index in [2.05, 4.69) is 10.3 Å². The summed E-state index contributed by atoms with van der Waals surface area (Å²) in [5.41, 5.74) is 10.6. The third-order valence-corrected chi connectivity index (χ3v) is 2.84. The van der Waals surface area contributed by atoms with E-state index >= 15 is 0 Å². The summed E-state index contributed by atoms with van der Waals surface area (Å²) in [6.07, 6.45) is -4.45. The number of nitrogen functional groups attached to an aromatic ring is 2. The van der Waals surface area contributed by atoms with Crippen LogP contribution in [0.15, 0.2) is 30.3 Å². The zero-order valence-corrected chi connectivity index (χ0v) is 10.8. The van der Waals surface area contributed by atoms with Crippen LogP contribution in [-0.2, 0) is 6.18 Å². The molecule has 0 aliphatic heterocycles.